The molecule has 1 rings (SSSR count). The Morgan fingerprint density at radius 3 is 1.94 bits per heavy atom. The lowest BCUT2D eigenvalue weighted by molar-refractivity contribution is -0.192. The number of halogens is 3. The van der Waals surface area contributed by atoms with Crippen LogP contribution in [-0.4, -0.2) is 112 Å². The maximum absolute atomic E-state index is 13.4. The number of carboxylic acids is 2. The molecule has 272 valence electrons. The van der Waals surface area contributed by atoms with Gasteiger partial charge in [0.1, 0.15) is 24.2 Å². The van der Waals surface area contributed by atoms with Crippen LogP contribution < -0.4 is 27.4 Å². The van der Waals surface area contributed by atoms with E-state index in [0.29, 0.717) is 50.9 Å². The molecule has 1 saturated heterocycles. The fourth-order valence-electron chi connectivity index (χ4n) is 4.55. The van der Waals surface area contributed by atoms with Gasteiger partial charge in [-0.3, -0.25) is 19.2 Å². The lowest BCUT2D eigenvalue weighted by Gasteiger charge is -2.30. The first-order valence-electron chi connectivity index (χ1n) is 15.5. The van der Waals surface area contributed by atoms with Crippen molar-refractivity contribution in [2.45, 2.75) is 109 Å². The SMILES string of the molecule is CSCC[C@H](NC(=O)[C@@H]1CCCN1C(=O)[C@@H](N)C(C)C)C(=O)N[C@@H](CC(C)C)C(=O)N[C@@H](CCCCN)C(=O)O.O=C(O)C(F)(F)F. The highest BCUT2D eigenvalue weighted by Gasteiger charge is 2.39. The van der Waals surface area contributed by atoms with Gasteiger partial charge in [0, 0.05) is 6.54 Å². The van der Waals surface area contributed by atoms with E-state index in [2.05, 4.69) is 16.0 Å². The minimum atomic E-state index is -5.08. The summed E-state index contributed by atoms with van der Waals surface area (Å²) >= 11 is 1.51. The van der Waals surface area contributed by atoms with Crippen molar-refractivity contribution >= 4 is 47.3 Å². The minimum absolute atomic E-state index is 0.0269. The summed E-state index contributed by atoms with van der Waals surface area (Å²) in [5.74, 6) is -5.23. The number of hydrogen-bond acceptors (Lipinski definition) is 9. The number of nitrogens with zero attached hydrogens (tertiary/aromatic N) is 1. The Morgan fingerprint density at radius 2 is 1.47 bits per heavy atom. The molecule has 1 aliphatic heterocycles. The molecule has 0 aromatic carbocycles. The lowest BCUT2D eigenvalue weighted by atomic mass is 10.0. The van der Waals surface area contributed by atoms with Gasteiger partial charge in [-0.1, -0.05) is 27.7 Å². The van der Waals surface area contributed by atoms with Crippen molar-refractivity contribution in [2.24, 2.45) is 23.3 Å². The summed E-state index contributed by atoms with van der Waals surface area (Å²) in [5, 5.41) is 24.8. The molecule has 1 fully saturated rings. The van der Waals surface area contributed by atoms with Gasteiger partial charge in [0.05, 0.1) is 6.04 Å². The van der Waals surface area contributed by atoms with E-state index >= 15 is 0 Å². The van der Waals surface area contributed by atoms with E-state index in [0.717, 1.165) is 0 Å². The first-order chi connectivity index (χ1) is 21.8. The number of nitrogens with one attached hydrogen (secondary N) is 3. The zero-order chi connectivity index (χ0) is 36.5. The number of rotatable bonds is 18. The first-order valence-corrected chi connectivity index (χ1v) is 16.9. The Balaban J connectivity index is 0.00000270. The zero-order valence-electron chi connectivity index (χ0n) is 27.6. The normalized spacial score (nSPS) is 17.2. The van der Waals surface area contributed by atoms with E-state index in [-0.39, 0.29) is 30.6 Å². The van der Waals surface area contributed by atoms with Gasteiger partial charge in [-0.05, 0) is 75.3 Å². The second kappa shape index (κ2) is 21.7. The molecule has 1 aliphatic rings. The van der Waals surface area contributed by atoms with Gasteiger partial charge >= 0.3 is 18.1 Å². The van der Waals surface area contributed by atoms with Crippen molar-refractivity contribution < 1.29 is 52.2 Å². The van der Waals surface area contributed by atoms with Crippen LogP contribution in [-0.2, 0) is 28.8 Å². The lowest BCUT2D eigenvalue weighted by Crippen LogP contribution is -2.58. The maximum atomic E-state index is 13.4. The highest BCUT2D eigenvalue weighted by atomic mass is 32.2. The van der Waals surface area contributed by atoms with Crippen molar-refractivity contribution in [1.29, 1.82) is 0 Å². The first kappa shape index (κ1) is 43.9. The number of carboxylic acid groups (broad SMARTS) is 2. The average molecular weight is 701 g/mol. The van der Waals surface area contributed by atoms with E-state index in [4.69, 9.17) is 21.4 Å². The molecular formula is C29H51F3N6O8S. The number of thioether (sulfide) groups is 1. The Kier molecular flexibility index (Phi) is 20.3. The molecular weight excluding hydrogens is 649 g/mol. The third-order valence-corrected chi connectivity index (χ3v) is 7.87. The molecule has 0 bridgehead atoms. The molecule has 4 amide bonds. The quantitative estimate of drug-likeness (QED) is 0.0999. The third-order valence-electron chi connectivity index (χ3n) is 7.23. The van der Waals surface area contributed by atoms with E-state index in [1.54, 1.807) is 0 Å². The molecule has 0 spiro atoms. The standard InChI is InChI=1S/C27H50N6O6S.C2HF3O2/c1-16(2)15-20(24(35)31-19(27(38)39)9-6-7-12-28)32-23(34)18(11-14-40-5)30-25(36)21-10-8-13-33(21)26(37)22(29)17(3)4;3-2(4,5)1(6)7/h16-22H,6-15,28-29H2,1-5H3,(H,30,36)(H,31,35)(H,32,34)(H,38,39);(H,6,7)/t18-,19-,20-,21-,22-;/m0./s1. The average Bonchev–Trinajstić information content (AvgIpc) is 3.47. The van der Waals surface area contributed by atoms with E-state index < -0.39 is 66.0 Å². The van der Waals surface area contributed by atoms with Gasteiger partial charge in [-0.25, -0.2) is 9.59 Å². The van der Waals surface area contributed by atoms with Gasteiger partial charge < -0.3 is 42.5 Å². The largest absolute Gasteiger partial charge is 0.490 e. The summed E-state index contributed by atoms with van der Waals surface area (Å²) in [4.78, 5) is 74.8. The van der Waals surface area contributed by atoms with Crippen LogP contribution in [0.3, 0.4) is 0 Å². The molecule has 0 saturated carbocycles. The molecule has 0 radical (unpaired) electrons. The smallest absolute Gasteiger partial charge is 0.480 e. The summed E-state index contributed by atoms with van der Waals surface area (Å²) in [6, 6.07) is -4.45. The molecule has 5 atom stereocenters. The maximum Gasteiger partial charge on any atom is 0.490 e. The molecule has 0 aromatic rings. The minimum Gasteiger partial charge on any atom is -0.480 e. The summed E-state index contributed by atoms with van der Waals surface area (Å²) < 4.78 is 31.7. The zero-order valence-corrected chi connectivity index (χ0v) is 28.4. The number of amides is 4. The topological polar surface area (TPSA) is 234 Å². The van der Waals surface area contributed by atoms with Gasteiger partial charge in [0.2, 0.25) is 23.6 Å². The van der Waals surface area contributed by atoms with Crippen LogP contribution in [0.5, 0.6) is 0 Å². The molecule has 1 heterocycles. The van der Waals surface area contributed by atoms with Crippen molar-refractivity contribution in [3.05, 3.63) is 0 Å². The number of nitrogens with two attached hydrogens (primary N) is 2. The van der Waals surface area contributed by atoms with Crippen molar-refractivity contribution in [3.8, 4) is 0 Å². The van der Waals surface area contributed by atoms with Crippen LogP contribution in [0.4, 0.5) is 13.2 Å². The van der Waals surface area contributed by atoms with E-state index in [1.165, 1.54) is 16.7 Å². The van der Waals surface area contributed by atoms with Crippen molar-refractivity contribution in [2.75, 3.05) is 25.1 Å². The Hall–Kier alpha value is -3.12. The molecule has 18 heteroatoms. The summed E-state index contributed by atoms with van der Waals surface area (Å²) in [6.45, 7) is 8.32. The van der Waals surface area contributed by atoms with Crippen LogP contribution >= 0.6 is 11.8 Å². The highest BCUT2D eigenvalue weighted by molar-refractivity contribution is 7.98. The van der Waals surface area contributed by atoms with E-state index in [1.807, 2.05) is 34.0 Å². The van der Waals surface area contributed by atoms with Gasteiger partial charge in [-0.15, -0.1) is 0 Å². The van der Waals surface area contributed by atoms with Crippen LogP contribution in [0.15, 0.2) is 0 Å². The Bertz CT molecular complexity index is 1050. The predicted molar refractivity (Wildman–Crippen MR) is 170 cm³/mol. The molecule has 0 aromatic heterocycles. The van der Waals surface area contributed by atoms with Crippen molar-refractivity contribution in [1.82, 2.24) is 20.9 Å². The summed E-state index contributed by atoms with van der Waals surface area (Å²) in [6.07, 6.45) is -0.0686. The number of alkyl halides is 3. The Morgan fingerprint density at radius 1 is 0.915 bits per heavy atom. The van der Waals surface area contributed by atoms with Crippen LogP contribution in [0.2, 0.25) is 0 Å². The number of unbranched alkanes of at least 4 members (excludes halogenated alkanes) is 1. The van der Waals surface area contributed by atoms with Gasteiger partial charge in [0.15, 0.2) is 0 Å². The molecule has 9 N–H and O–H groups in total. The second-order valence-corrected chi connectivity index (χ2v) is 13.0. The van der Waals surface area contributed by atoms with Crippen molar-refractivity contribution in [3.63, 3.8) is 0 Å². The fraction of sp³-hybridized carbons (Fsp3) is 0.793. The van der Waals surface area contributed by atoms with E-state index in [9.17, 15) is 42.3 Å². The number of aliphatic carboxylic acids is 2. The fourth-order valence-corrected chi connectivity index (χ4v) is 5.02. The van der Waals surface area contributed by atoms with Gasteiger partial charge in [0.25, 0.3) is 0 Å². The van der Waals surface area contributed by atoms with Crippen LogP contribution in [0.25, 0.3) is 0 Å². The van der Waals surface area contributed by atoms with Gasteiger partial charge in [-0.2, -0.15) is 24.9 Å². The molecule has 0 aliphatic carbocycles. The summed E-state index contributed by atoms with van der Waals surface area (Å²) in [7, 11) is 0. The molecule has 47 heavy (non-hydrogen) atoms. The second-order valence-electron chi connectivity index (χ2n) is 12.0. The number of carbonyl (C=O) groups excluding carboxylic acids is 4. The number of carbonyl (C=O) groups is 6. The Labute approximate surface area is 277 Å². The molecule has 0 unspecified atom stereocenters. The highest BCUT2D eigenvalue weighted by Crippen LogP contribution is 2.20. The summed E-state index contributed by atoms with van der Waals surface area (Å²) in [5.41, 5.74) is 11.6. The van der Waals surface area contributed by atoms with Crippen LogP contribution in [0, 0.1) is 11.8 Å². The monoisotopic (exact) mass is 700 g/mol. The predicted octanol–water partition coefficient (Wildman–Crippen LogP) is 1.06. The number of hydrogen-bond donors (Lipinski definition) is 7. The third kappa shape index (κ3) is 16.5. The van der Waals surface area contributed by atoms with Crippen LogP contribution in [0.1, 0.15) is 72.6 Å². The molecule has 14 nitrogen and oxygen atoms in total. The number of likely N-dealkylation sites (tertiary alicyclic amines) is 1.